The smallest absolute Gasteiger partial charge is 0.255 e. The highest BCUT2D eigenvalue weighted by molar-refractivity contribution is 6.12. The largest absolute Gasteiger partial charge is 0.497 e. The fourth-order valence-electron chi connectivity index (χ4n) is 2.63. The van der Waals surface area contributed by atoms with Gasteiger partial charge in [0.15, 0.2) is 0 Å². The van der Waals surface area contributed by atoms with Crippen molar-refractivity contribution in [2.75, 3.05) is 17.7 Å². The van der Waals surface area contributed by atoms with E-state index in [-0.39, 0.29) is 5.91 Å². The van der Waals surface area contributed by atoms with Crippen molar-refractivity contribution in [1.82, 2.24) is 4.98 Å². The van der Waals surface area contributed by atoms with Crippen molar-refractivity contribution in [2.24, 2.45) is 0 Å². The number of fused-ring (bicyclic) bond motifs is 1. The first-order valence-corrected chi connectivity index (χ1v) is 7.68. The number of para-hydroxylation sites is 1. The molecule has 3 rings (SSSR count). The maximum absolute atomic E-state index is 12.7. The molecule has 126 valence electrons. The van der Waals surface area contributed by atoms with Crippen molar-refractivity contribution in [1.29, 1.82) is 0 Å². The highest BCUT2D eigenvalue weighted by Crippen LogP contribution is 2.31. The summed E-state index contributed by atoms with van der Waals surface area (Å²) in [5.41, 5.74) is 3.14. The Kier molecular flexibility index (Phi) is 4.61. The van der Waals surface area contributed by atoms with E-state index in [1.165, 1.54) is 6.20 Å². The molecule has 1 aromatic heterocycles. The summed E-state index contributed by atoms with van der Waals surface area (Å²) in [6.07, 6.45) is 2.09. The van der Waals surface area contributed by atoms with Gasteiger partial charge in [-0.25, -0.2) is 0 Å². The van der Waals surface area contributed by atoms with Crippen molar-refractivity contribution in [2.45, 2.75) is 6.92 Å². The first kappa shape index (κ1) is 16.4. The van der Waals surface area contributed by atoms with Crippen molar-refractivity contribution in [3.63, 3.8) is 0 Å². The molecule has 0 atom stereocenters. The lowest BCUT2D eigenvalue weighted by molar-refractivity contribution is -0.105. The third-order valence-corrected chi connectivity index (χ3v) is 3.88. The van der Waals surface area contributed by atoms with Gasteiger partial charge in [-0.1, -0.05) is 24.3 Å². The molecular weight excluding hydrogens is 318 g/mol. The Morgan fingerprint density at radius 1 is 1.20 bits per heavy atom. The number of benzene rings is 2. The second-order valence-corrected chi connectivity index (χ2v) is 5.47. The lowest BCUT2D eigenvalue weighted by Crippen LogP contribution is -2.14. The number of nitrogens with zero attached hydrogens (tertiary/aromatic N) is 1. The summed E-state index contributed by atoms with van der Waals surface area (Å²) in [6, 6.07) is 12.5. The number of hydrogen-bond acceptors (Lipinski definition) is 4. The SMILES string of the molecule is COc1cccc(C(=O)Nc2c(NC=O)cnc3c(C)cccc23)c1. The van der Waals surface area contributed by atoms with Gasteiger partial charge in [-0.2, -0.15) is 0 Å². The quantitative estimate of drug-likeness (QED) is 0.701. The average Bonchev–Trinajstić information content (AvgIpc) is 2.64. The van der Waals surface area contributed by atoms with Crippen LogP contribution in [0.15, 0.2) is 48.7 Å². The van der Waals surface area contributed by atoms with Crippen LogP contribution in [0.1, 0.15) is 15.9 Å². The van der Waals surface area contributed by atoms with Crippen LogP contribution in [0.25, 0.3) is 10.9 Å². The number of anilines is 2. The topological polar surface area (TPSA) is 80.3 Å². The molecule has 2 amide bonds. The predicted octanol–water partition coefficient (Wildman–Crippen LogP) is 3.37. The molecule has 0 radical (unpaired) electrons. The van der Waals surface area contributed by atoms with E-state index in [1.807, 2.05) is 25.1 Å². The standard InChI is InChI=1S/C19H17N3O3/c1-12-5-3-8-15-17(12)20-10-16(21-11-23)18(15)22-19(24)13-6-4-7-14(9-13)25-2/h3-11H,1-2H3,(H,21,23)(H,20,22,24). The van der Waals surface area contributed by atoms with Crippen LogP contribution in [0, 0.1) is 6.92 Å². The predicted molar refractivity (Wildman–Crippen MR) is 97.1 cm³/mol. The van der Waals surface area contributed by atoms with Gasteiger partial charge in [0.2, 0.25) is 6.41 Å². The third-order valence-electron chi connectivity index (χ3n) is 3.88. The molecule has 2 aromatic carbocycles. The van der Waals surface area contributed by atoms with Gasteiger partial charge in [-0.3, -0.25) is 14.6 Å². The number of ether oxygens (including phenoxy) is 1. The fourth-order valence-corrected chi connectivity index (χ4v) is 2.63. The lowest BCUT2D eigenvalue weighted by atomic mass is 10.1. The molecule has 0 spiro atoms. The molecule has 6 nitrogen and oxygen atoms in total. The van der Waals surface area contributed by atoms with Crippen molar-refractivity contribution < 1.29 is 14.3 Å². The molecule has 0 aliphatic heterocycles. The van der Waals surface area contributed by atoms with Crippen molar-refractivity contribution in [3.05, 3.63) is 59.8 Å². The monoisotopic (exact) mass is 335 g/mol. The molecule has 0 fully saturated rings. The number of rotatable bonds is 5. The van der Waals surface area contributed by atoms with Crippen LogP contribution in [0.4, 0.5) is 11.4 Å². The summed E-state index contributed by atoms with van der Waals surface area (Å²) in [7, 11) is 1.54. The summed E-state index contributed by atoms with van der Waals surface area (Å²) in [4.78, 5) is 27.9. The highest BCUT2D eigenvalue weighted by Gasteiger charge is 2.14. The van der Waals surface area contributed by atoms with E-state index in [0.717, 1.165) is 16.5 Å². The van der Waals surface area contributed by atoms with E-state index < -0.39 is 0 Å². The van der Waals surface area contributed by atoms with Crippen molar-refractivity contribution in [3.8, 4) is 5.75 Å². The number of carbonyl (C=O) groups is 2. The van der Waals surface area contributed by atoms with Gasteiger partial charge < -0.3 is 15.4 Å². The molecule has 0 saturated heterocycles. The zero-order valence-corrected chi connectivity index (χ0v) is 13.9. The minimum atomic E-state index is -0.304. The zero-order chi connectivity index (χ0) is 17.8. The molecule has 1 heterocycles. The van der Waals surface area contributed by atoms with E-state index in [1.54, 1.807) is 31.4 Å². The molecule has 25 heavy (non-hydrogen) atoms. The second kappa shape index (κ2) is 7.00. The maximum atomic E-state index is 12.7. The highest BCUT2D eigenvalue weighted by atomic mass is 16.5. The molecule has 3 aromatic rings. The maximum Gasteiger partial charge on any atom is 0.255 e. The first-order chi connectivity index (χ1) is 12.1. The van der Waals surface area contributed by atoms with E-state index in [4.69, 9.17) is 4.74 Å². The molecule has 0 unspecified atom stereocenters. The van der Waals surface area contributed by atoms with Gasteiger partial charge >= 0.3 is 0 Å². The van der Waals surface area contributed by atoms with E-state index >= 15 is 0 Å². The van der Waals surface area contributed by atoms with Crippen LogP contribution in [-0.2, 0) is 4.79 Å². The Hall–Kier alpha value is -3.41. The first-order valence-electron chi connectivity index (χ1n) is 7.68. The molecule has 0 bridgehead atoms. The van der Waals surface area contributed by atoms with E-state index in [2.05, 4.69) is 15.6 Å². The second-order valence-electron chi connectivity index (χ2n) is 5.47. The molecular formula is C19H17N3O3. The van der Waals surface area contributed by atoms with Crippen LogP contribution in [0.5, 0.6) is 5.75 Å². The number of methoxy groups -OCH3 is 1. The van der Waals surface area contributed by atoms with Crippen LogP contribution >= 0.6 is 0 Å². The molecule has 0 saturated carbocycles. The molecule has 0 aliphatic rings. The summed E-state index contributed by atoms with van der Waals surface area (Å²) in [6.45, 7) is 1.94. The molecule has 2 N–H and O–H groups in total. The number of nitrogens with one attached hydrogen (secondary N) is 2. The minimum Gasteiger partial charge on any atom is -0.497 e. The normalized spacial score (nSPS) is 10.3. The Morgan fingerprint density at radius 3 is 2.76 bits per heavy atom. The Balaban J connectivity index is 2.06. The lowest BCUT2D eigenvalue weighted by Gasteiger charge is -2.14. The van der Waals surface area contributed by atoms with Crippen molar-refractivity contribution >= 4 is 34.6 Å². The zero-order valence-electron chi connectivity index (χ0n) is 13.9. The van der Waals surface area contributed by atoms with Gasteiger partial charge in [0.05, 0.1) is 30.2 Å². The Labute approximate surface area is 144 Å². The summed E-state index contributed by atoms with van der Waals surface area (Å²) < 4.78 is 5.15. The average molecular weight is 335 g/mol. The Morgan fingerprint density at radius 2 is 2.00 bits per heavy atom. The van der Waals surface area contributed by atoms with Gasteiger partial charge in [0.1, 0.15) is 5.75 Å². The number of pyridine rings is 1. The van der Waals surface area contributed by atoms with Gasteiger partial charge in [-0.15, -0.1) is 0 Å². The molecule has 0 aliphatic carbocycles. The third kappa shape index (κ3) is 3.28. The number of amides is 2. The van der Waals surface area contributed by atoms with Gasteiger partial charge in [0, 0.05) is 10.9 Å². The molecule has 6 heteroatoms. The van der Waals surface area contributed by atoms with Crippen LogP contribution in [-0.4, -0.2) is 24.4 Å². The van der Waals surface area contributed by atoms with Gasteiger partial charge in [-0.05, 0) is 30.7 Å². The number of aromatic nitrogens is 1. The van der Waals surface area contributed by atoms with E-state index in [9.17, 15) is 9.59 Å². The van der Waals surface area contributed by atoms with Crippen LogP contribution in [0.2, 0.25) is 0 Å². The summed E-state index contributed by atoms with van der Waals surface area (Å²) >= 11 is 0. The summed E-state index contributed by atoms with van der Waals surface area (Å²) in [5.74, 6) is 0.288. The van der Waals surface area contributed by atoms with Crippen LogP contribution < -0.4 is 15.4 Å². The fraction of sp³-hybridized carbons (Fsp3) is 0.105. The number of aryl methyl sites for hydroxylation is 1. The van der Waals surface area contributed by atoms with Crippen LogP contribution in [0.3, 0.4) is 0 Å². The number of carbonyl (C=O) groups excluding carboxylic acids is 2. The van der Waals surface area contributed by atoms with Gasteiger partial charge in [0.25, 0.3) is 5.91 Å². The Bertz CT molecular complexity index is 954. The number of hydrogen-bond donors (Lipinski definition) is 2. The summed E-state index contributed by atoms with van der Waals surface area (Å²) in [5, 5.41) is 6.21. The minimum absolute atomic E-state index is 0.304. The van der Waals surface area contributed by atoms with E-state index in [0.29, 0.717) is 29.1 Å².